The topological polar surface area (TPSA) is 70.9 Å². The van der Waals surface area contributed by atoms with Crippen molar-refractivity contribution in [2.75, 3.05) is 0 Å². The van der Waals surface area contributed by atoms with E-state index in [2.05, 4.69) is 36.3 Å². The summed E-state index contributed by atoms with van der Waals surface area (Å²) < 4.78 is 13.0. The zero-order chi connectivity index (χ0) is 20.1. The number of amidine groups is 1. The first-order chi connectivity index (χ1) is 13.2. The Balaban J connectivity index is 1.44. The van der Waals surface area contributed by atoms with Crippen molar-refractivity contribution in [3.05, 3.63) is 35.6 Å². The highest BCUT2D eigenvalue weighted by Gasteiger charge is 2.60. The number of amides is 1. The Labute approximate surface area is 168 Å². The number of hydrogen-bond donors (Lipinski definition) is 1. The van der Waals surface area contributed by atoms with Gasteiger partial charge in [0.1, 0.15) is 5.82 Å². The van der Waals surface area contributed by atoms with E-state index in [1.54, 1.807) is 0 Å². The van der Waals surface area contributed by atoms with Crippen LogP contribution in [-0.2, 0) is 4.79 Å². The summed E-state index contributed by atoms with van der Waals surface area (Å²) in [6, 6.07) is 5.37. The van der Waals surface area contributed by atoms with Gasteiger partial charge in [0.2, 0.25) is 5.91 Å². The van der Waals surface area contributed by atoms with Gasteiger partial charge in [0.05, 0.1) is 5.25 Å². The molecule has 1 saturated heterocycles. The van der Waals surface area contributed by atoms with Crippen LogP contribution in [0.15, 0.2) is 34.5 Å². The predicted octanol–water partition coefficient (Wildman–Crippen LogP) is 4.19. The molecule has 4 rings (SSSR count). The maximum Gasteiger partial charge on any atom is 0.240 e. The molecule has 28 heavy (non-hydrogen) atoms. The van der Waals surface area contributed by atoms with Crippen molar-refractivity contribution in [3.63, 3.8) is 0 Å². The number of rotatable bonds is 4. The normalized spacial score (nSPS) is 33.6. The molecule has 5 nitrogen and oxygen atoms in total. The van der Waals surface area contributed by atoms with E-state index < -0.39 is 11.1 Å². The third-order valence-electron chi connectivity index (χ3n) is 7.09. The lowest BCUT2D eigenvalue weighted by Gasteiger charge is -2.34. The standard InChI is InChI=1S/C21H24FN3O2S/c1-20(2)13-8-9-21(20,3)17(10-13)24-25-19-23-18(27)16(28-19)11-15(26)12-4-6-14(22)7-5-12/h4-7,13,16H,8-11H2,1-3H3,(H,23,25,27)/b24-17+/t13-,16-,21-/m0/s1. The molecule has 3 fully saturated rings. The van der Waals surface area contributed by atoms with Crippen LogP contribution in [0, 0.1) is 22.6 Å². The molecular formula is C21H24FN3O2S. The molecule has 148 valence electrons. The van der Waals surface area contributed by atoms with Crippen LogP contribution < -0.4 is 5.32 Å². The Kier molecular flexibility index (Phi) is 4.68. The highest BCUT2D eigenvalue weighted by Crippen LogP contribution is 2.64. The maximum atomic E-state index is 13.0. The molecule has 3 atom stereocenters. The van der Waals surface area contributed by atoms with E-state index in [1.165, 1.54) is 42.4 Å². The molecule has 1 aromatic carbocycles. The first-order valence-electron chi connectivity index (χ1n) is 9.62. The third-order valence-corrected chi connectivity index (χ3v) is 8.16. The zero-order valence-electron chi connectivity index (χ0n) is 16.3. The van der Waals surface area contributed by atoms with Gasteiger partial charge in [-0.1, -0.05) is 32.5 Å². The number of thioether (sulfide) groups is 1. The summed E-state index contributed by atoms with van der Waals surface area (Å²) in [6.45, 7) is 6.89. The van der Waals surface area contributed by atoms with Crippen molar-refractivity contribution in [3.8, 4) is 0 Å². The average molecular weight is 402 g/mol. The minimum atomic E-state index is -0.538. The Hall–Kier alpha value is -2.02. The Bertz CT molecular complexity index is 893. The highest BCUT2D eigenvalue weighted by atomic mass is 32.2. The lowest BCUT2D eigenvalue weighted by molar-refractivity contribution is -0.118. The molecule has 0 unspecified atom stereocenters. The van der Waals surface area contributed by atoms with Gasteiger partial charge in [-0.2, -0.15) is 5.10 Å². The van der Waals surface area contributed by atoms with Gasteiger partial charge in [-0.05, 0) is 54.9 Å². The van der Waals surface area contributed by atoms with Crippen molar-refractivity contribution in [1.29, 1.82) is 0 Å². The van der Waals surface area contributed by atoms with Crippen LogP contribution in [0.5, 0.6) is 0 Å². The molecule has 7 heteroatoms. The van der Waals surface area contributed by atoms with Gasteiger partial charge in [-0.3, -0.25) is 9.59 Å². The fraction of sp³-hybridized carbons (Fsp3) is 0.524. The zero-order valence-corrected chi connectivity index (χ0v) is 17.1. The molecule has 2 saturated carbocycles. The van der Waals surface area contributed by atoms with Crippen molar-refractivity contribution in [2.45, 2.75) is 51.7 Å². The first kappa shape index (κ1) is 19.3. The minimum absolute atomic E-state index is 0.0462. The van der Waals surface area contributed by atoms with E-state index in [9.17, 15) is 14.0 Å². The van der Waals surface area contributed by atoms with Crippen LogP contribution in [0.3, 0.4) is 0 Å². The highest BCUT2D eigenvalue weighted by molar-refractivity contribution is 8.15. The van der Waals surface area contributed by atoms with Crippen LogP contribution in [0.2, 0.25) is 0 Å². The number of Topliss-reactive ketones (excluding diaryl/α,β-unsaturated/α-hetero) is 1. The molecule has 0 radical (unpaired) electrons. The van der Waals surface area contributed by atoms with Crippen LogP contribution in [0.4, 0.5) is 4.39 Å². The van der Waals surface area contributed by atoms with E-state index in [4.69, 9.17) is 0 Å². The number of fused-ring (bicyclic) bond motifs is 2. The molecule has 2 bridgehead atoms. The van der Waals surface area contributed by atoms with Gasteiger partial charge >= 0.3 is 0 Å². The number of carbonyl (C=O) groups excluding carboxylic acids is 2. The number of ketones is 1. The Morgan fingerprint density at radius 1 is 1.25 bits per heavy atom. The van der Waals surface area contributed by atoms with Crippen molar-refractivity contribution in [1.82, 2.24) is 5.32 Å². The van der Waals surface area contributed by atoms with E-state index in [0.29, 0.717) is 16.6 Å². The molecule has 1 amide bonds. The van der Waals surface area contributed by atoms with Crippen molar-refractivity contribution >= 4 is 34.3 Å². The van der Waals surface area contributed by atoms with E-state index in [-0.39, 0.29) is 28.9 Å². The molecule has 0 aromatic heterocycles. The number of nitrogens with zero attached hydrogens (tertiary/aromatic N) is 2. The third kappa shape index (κ3) is 3.09. The quantitative estimate of drug-likeness (QED) is 0.607. The van der Waals surface area contributed by atoms with Crippen LogP contribution in [-0.4, -0.2) is 27.8 Å². The maximum absolute atomic E-state index is 13.0. The van der Waals surface area contributed by atoms with Crippen molar-refractivity contribution < 1.29 is 14.0 Å². The number of carbonyl (C=O) groups is 2. The summed E-state index contributed by atoms with van der Waals surface area (Å²) in [4.78, 5) is 24.6. The van der Waals surface area contributed by atoms with E-state index in [0.717, 1.165) is 18.6 Å². The minimum Gasteiger partial charge on any atom is -0.303 e. The lowest BCUT2D eigenvalue weighted by atomic mass is 9.70. The number of hydrogen-bond acceptors (Lipinski definition) is 5. The van der Waals surface area contributed by atoms with Gasteiger partial charge in [0.15, 0.2) is 11.0 Å². The number of nitrogens with one attached hydrogen (secondary N) is 1. The second kappa shape index (κ2) is 6.79. The monoisotopic (exact) mass is 401 g/mol. The smallest absolute Gasteiger partial charge is 0.240 e. The predicted molar refractivity (Wildman–Crippen MR) is 109 cm³/mol. The number of halogens is 1. The molecule has 2 aliphatic carbocycles. The van der Waals surface area contributed by atoms with Crippen LogP contribution in [0.1, 0.15) is 56.8 Å². The molecular weight excluding hydrogens is 377 g/mol. The molecule has 1 heterocycles. The molecule has 3 aliphatic rings. The van der Waals surface area contributed by atoms with Gasteiger partial charge in [-0.25, -0.2) is 4.39 Å². The summed E-state index contributed by atoms with van der Waals surface area (Å²) in [5.41, 5.74) is 1.80. The van der Waals surface area contributed by atoms with Gasteiger partial charge in [0.25, 0.3) is 0 Å². The second-order valence-corrected chi connectivity index (χ2v) is 9.87. The average Bonchev–Trinajstić information content (AvgIpc) is 3.17. The SMILES string of the molecule is CC1(C)[C@H]2CC[C@@]1(C)/C(=N/N=C1\NC(=O)[C@H](CC(=O)c3ccc(F)cc3)S1)C2. The lowest BCUT2D eigenvalue weighted by Crippen LogP contribution is -2.32. The van der Waals surface area contributed by atoms with Gasteiger partial charge in [-0.15, -0.1) is 5.10 Å². The fourth-order valence-corrected chi connectivity index (χ4v) is 5.61. The molecule has 1 aliphatic heterocycles. The largest absolute Gasteiger partial charge is 0.303 e. The van der Waals surface area contributed by atoms with Crippen LogP contribution in [0.25, 0.3) is 0 Å². The Morgan fingerprint density at radius 2 is 1.96 bits per heavy atom. The Morgan fingerprint density at radius 3 is 2.57 bits per heavy atom. The molecule has 0 spiro atoms. The fourth-order valence-electron chi connectivity index (χ4n) is 4.69. The molecule has 1 aromatic rings. The van der Waals surface area contributed by atoms with Crippen LogP contribution >= 0.6 is 11.8 Å². The van der Waals surface area contributed by atoms with E-state index in [1.807, 2.05) is 0 Å². The van der Waals surface area contributed by atoms with E-state index >= 15 is 0 Å². The molecule has 1 N–H and O–H groups in total. The summed E-state index contributed by atoms with van der Waals surface area (Å²) in [5.74, 6) is -0.180. The summed E-state index contributed by atoms with van der Waals surface area (Å²) in [7, 11) is 0. The van der Waals surface area contributed by atoms with Gasteiger partial charge < -0.3 is 5.32 Å². The summed E-state index contributed by atoms with van der Waals surface area (Å²) >= 11 is 1.23. The summed E-state index contributed by atoms with van der Waals surface area (Å²) in [5, 5.41) is 11.4. The summed E-state index contributed by atoms with van der Waals surface area (Å²) in [6.07, 6.45) is 3.37. The number of benzene rings is 1. The van der Waals surface area contributed by atoms with Crippen molar-refractivity contribution in [2.24, 2.45) is 27.0 Å². The first-order valence-corrected chi connectivity index (χ1v) is 10.5. The second-order valence-electron chi connectivity index (χ2n) is 8.68. The van der Waals surface area contributed by atoms with Gasteiger partial charge in [0, 0.05) is 23.1 Å².